The maximum absolute atomic E-state index is 11.6. The lowest BCUT2D eigenvalue weighted by Gasteiger charge is -2.37. The van der Waals surface area contributed by atoms with Crippen LogP contribution in [-0.2, 0) is 9.59 Å². The van der Waals surface area contributed by atoms with E-state index in [1.807, 2.05) is 0 Å². The van der Waals surface area contributed by atoms with E-state index in [1.54, 1.807) is 6.92 Å². The van der Waals surface area contributed by atoms with Crippen LogP contribution in [0.4, 0.5) is 0 Å². The Bertz CT molecular complexity index is 270. The van der Waals surface area contributed by atoms with E-state index in [0.29, 0.717) is 0 Å². The van der Waals surface area contributed by atoms with Gasteiger partial charge in [-0.05, 0) is 19.8 Å². The van der Waals surface area contributed by atoms with Crippen LogP contribution in [0.1, 0.15) is 45.4 Å². The van der Waals surface area contributed by atoms with Crippen molar-refractivity contribution in [2.24, 2.45) is 5.73 Å². The van der Waals surface area contributed by atoms with Crippen molar-refractivity contribution in [1.82, 2.24) is 5.32 Å². The molecule has 0 aromatic heterocycles. The quantitative estimate of drug-likeness (QED) is 0.658. The highest BCUT2D eigenvalue weighted by Gasteiger charge is 2.36. The molecular weight excluding hydrogens is 208 g/mol. The molecule has 0 unspecified atom stereocenters. The van der Waals surface area contributed by atoms with Gasteiger partial charge in [0, 0.05) is 0 Å². The second-order valence-electron chi connectivity index (χ2n) is 4.69. The van der Waals surface area contributed by atoms with Crippen molar-refractivity contribution in [2.45, 2.75) is 57.0 Å². The first kappa shape index (κ1) is 13.0. The smallest absolute Gasteiger partial charge is 0.305 e. The minimum absolute atomic E-state index is 0.00847. The van der Waals surface area contributed by atoms with E-state index < -0.39 is 17.6 Å². The van der Waals surface area contributed by atoms with Crippen LogP contribution < -0.4 is 11.1 Å². The molecule has 1 atom stereocenters. The van der Waals surface area contributed by atoms with Crippen molar-refractivity contribution in [2.75, 3.05) is 0 Å². The number of carbonyl (C=O) groups is 2. The second kappa shape index (κ2) is 5.30. The van der Waals surface area contributed by atoms with E-state index >= 15 is 0 Å². The molecule has 92 valence electrons. The molecule has 16 heavy (non-hydrogen) atoms. The number of carboxylic acid groups (broad SMARTS) is 1. The number of aliphatic carboxylic acids is 1. The molecule has 0 heterocycles. The minimum atomic E-state index is -0.869. The average Bonchev–Trinajstić information content (AvgIpc) is 2.17. The Morgan fingerprint density at radius 3 is 2.38 bits per heavy atom. The van der Waals surface area contributed by atoms with Crippen molar-refractivity contribution in [3.05, 3.63) is 0 Å². The fourth-order valence-electron chi connectivity index (χ4n) is 2.24. The van der Waals surface area contributed by atoms with Crippen molar-refractivity contribution in [3.8, 4) is 0 Å². The number of amides is 1. The van der Waals surface area contributed by atoms with E-state index in [2.05, 4.69) is 5.32 Å². The highest BCUT2D eigenvalue weighted by Crippen LogP contribution is 2.31. The second-order valence-corrected chi connectivity index (χ2v) is 4.69. The Morgan fingerprint density at radius 1 is 1.38 bits per heavy atom. The molecule has 0 radical (unpaired) electrons. The summed E-state index contributed by atoms with van der Waals surface area (Å²) in [7, 11) is 0. The summed E-state index contributed by atoms with van der Waals surface area (Å²) in [5, 5.41) is 11.7. The van der Waals surface area contributed by atoms with Gasteiger partial charge in [0.1, 0.15) is 0 Å². The molecule has 1 fully saturated rings. The highest BCUT2D eigenvalue weighted by molar-refractivity contribution is 5.82. The molecule has 5 heteroatoms. The molecule has 1 aliphatic carbocycles. The van der Waals surface area contributed by atoms with Gasteiger partial charge in [-0.2, -0.15) is 0 Å². The highest BCUT2D eigenvalue weighted by atomic mass is 16.4. The number of nitrogens with one attached hydrogen (secondary N) is 1. The van der Waals surface area contributed by atoms with E-state index in [9.17, 15) is 9.59 Å². The van der Waals surface area contributed by atoms with E-state index in [-0.39, 0.29) is 12.3 Å². The first-order valence-corrected chi connectivity index (χ1v) is 5.75. The van der Waals surface area contributed by atoms with Crippen molar-refractivity contribution in [3.63, 3.8) is 0 Å². The zero-order chi connectivity index (χ0) is 12.2. The Hall–Kier alpha value is -1.10. The number of carbonyl (C=O) groups excluding carboxylic acids is 1. The SMILES string of the molecule is C[C@@H](N)C(=O)NC1(CC(=O)O)CCCCC1. The Kier molecular flexibility index (Phi) is 4.29. The number of carboxylic acids is 1. The molecule has 0 bridgehead atoms. The molecule has 0 spiro atoms. The largest absolute Gasteiger partial charge is 0.481 e. The first-order valence-electron chi connectivity index (χ1n) is 5.75. The number of hydrogen-bond acceptors (Lipinski definition) is 3. The Labute approximate surface area is 95.4 Å². The van der Waals surface area contributed by atoms with Gasteiger partial charge in [0.2, 0.25) is 5.91 Å². The molecule has 0 aliphatic heterocycles. The lowest BCUT2D eigenvalue weighted by Crippen LogP contribution is -2.54. The van der Waals surface area contributed by atoms with Crippen LogP contribution in [0.2, 0.25) is 0 Å². The van der Waals surface area contributed by atoms with Gasteiger partial charge < -0.3 is 16.2 Å². The summed E-state index contributed by atoms with van der Waals surface area (Å²) in [6, 6.07) is -0.590. The third kappa shape index (κ3) is 3.48. The molecule has 1 saturated carbocycles. The molecule has 4 N–H and O–H groups in total. The zero-order valence-corrected chi connectivity index (χ0v) is 9.66. The molecule has 0 aromatic carbocycles. The summed E-state index contributed by atoms with van der Waals surface area (Å²) in [6.07, 6.45) is 4.50. The molecule has 5 nitrogen and oxygen atoms in total. The topological polar surface area (TPSA) is 92.4 Å². The van der Waals surface area contributed by atoms with Crippen molar-refractivity contribution >= 4 is 11.9 Å². The minimum Gasteiger partial charge on any atom is -0.481 e. The van der Waals surface area contributed by atoms with Crippen LogP contribution in [0.25, 0.3) is 0 Å². The van der Waals surface area contributed by atoms with Crippen LogP contribution in [-0.4, -0.2) is 28.6 Å². The van der Waals surface area contributed by atoms with Gasteiger partial charge in [-0.3, -0.25) is 9.59 Å². The number of hydrogen-bond donors (Lipinski definition) is 3. The maximum atomic E-state index is 11.6. The molecule has 1 amide bonds. The summed E-state index contributed by atoms with van der Waals surface area (Å²) in [5.74, 6) is -1.13. The monoisotopic (exact) mass is 228 g/mol. The standard InChI is InChI=1S/C11H20N2O3/c1-8(12)10(16)13-11(7-9(14)15)5-3-2-4-6-11/h8H,2-7,12H2,1H3,(H,13,16)(H,14,15)/t8-/m1/s1. The predicted octanol–water partition coefficient (Wildman–Crippen LogP) is 0.627. The summed E-state index contributed by atoms with van der Waals surface area (Å²) in [5.41, 5.74) is 4.91. The van der Waals surface area contributed by atoms with Crippen LogP contribution in [0, 0.1) is 0 Å². The predicted molar refractivity (Wildman–Crippen MR) is 59.9 cm³/mol. The van der Waals surface area contributed by atoms with Gasteiger partial charge >= 0.3 is 5.97 Å². The van der Waals surface area contributed by atoms with E-state index in [1.165, 1.54) is 0 Å². The molecule has 1 aliphatic rings. The fourth-order valence-corrected chi connectivity index (χ4v) is 2.24. The lowest BCUT2D eigenvalue weighted by atomic mass is 9.79. The van der Waals surface area contributed by atoms with Crippen LogP contribution in [0.15, 0.2) is 0 Å². The summed E-state index contributed by atoms with van der Waals surface area (Å²) < 4.78 is 0. The van der Waals surface area contributed by atoms with Gasteiger partial charge in [-0.1, -0.05) is 19.3 Å². The normalized spacial score (nSPS) is 21.1. The van der Waals surface area contributed by atoms with Gasteiger partial charge in [0.25, 0.3) is 0 Å². The number of nitrogens with two attached hydrogens (primary N) is 1. The Balaban J connectivity index is 2.69. The van der Waals surface area contributed by atoms with E-state index in [0.717, 1.165) is 32.1 Å². The fraction of sp³-hybridized carbons (Fsp3) is 0.818. The molecule has 1 rings (SSSR count). The third-order valence-corrected chi connectivity index (χ3v) is 3.10. The maximum Gasteiger partial charge on any atom is 0.305 e. The van der Waals surface area contributed by atoms with Gasteiger partial charge in [-0.15, -0.1) is 0 Å². The van der Waals surface area contributed by atoms with Crippen LogP contribution in [0.5, 0.6) is 0 Å². The molecule has 0 saturated heterocycles. The zero-order valence-electron chi connectivity index (χ0n) is 9.66. The van der Waals surface area contributed by atoms with Gasteiger partial charge in [0.05, 0.1) is 18.0 Å². The first-order chi connectivity index (χ1) is 7.45. The summed E-state index contributed by atoms with van der Waals surface area (Å²) >= 11 is 0. The van der Waals surface area contributed by atoms with Gasteiger partial charge in [0.15, 0.2) is 0 Å². The van der Waals surface area contributed by atoms with Crippen molar-refractivity contribution < 1.29 is 14.7 Å². The Morgan fingerprint density at radius 2 is 1.94 bits per heavy atom. The third-order valence-electron chi connectivity index (χ3n) is 3.10. The van der Waals surface area contributed by atoms with E-state index in [4.69, 9.17) is 10.8 Å². The van der Waals surface area contributed by atoms with Crippen LogP contribution in [0.3, 0.4) is 0 Å². The summed E-state index contributed by atoms with van der Waals surface area (Å²) in [4.78, 5) is 22.4. The lowest BCUT2D eigenvalue weighted by molar-refractivity contribution is -0.139. The molecule has 0 aromatic rings. The average molecular weight is 228 g/mol. The van der Waals surface area contributed by atoms with Crippen LogP contribution >= 0.6 is 0 Å². The summed E-state index contributed by atoms with van der Waals surface area (Å²) in [6.45, 7) is 1.60. The van der Waals surface area contributed by atoms with Crippen molar-refractivity contribution in [1.29, 1.82) is 0 Å². The number of rotatable bonds is 4. The van der Waals surface area contributed by atoms with Gasteiger partial charge in [-0.25, -0.2) is 0 Å². The molecular formula is C11H20N2O3.